The van der Waals surface area contributed by atoms with Crippen LogP contribution in [0.5, 0.6) is 11.5 Å². The first-order valence-corrected chi connectivity index (χ1v) is 18.1. The van der Waals surface area contributed by atoms with E-state index in [9.17, 15) is 19.8 Å². The normalized spacial score (nSPS) is 27.3. The molecule has 1 saturated heterocycles. The van der Waals surface area contributed by atoms with E-state index in [-0.39, 0.29) is 43.0 Å². The Morgan fingerprint density at radius 3 is 2.35 bits per heavy atom. The molecule has 274 valence electrons. The van der Waals surface area contributed by atoms with E-state index in [1.807, 2.05) is 54.6 Å². The summed E-state index contributed by atoms with van der Waals surface area (Å²) in [5.74, 6) is 1.87. The summed E-state index contributed by atoms with van der Waals surface area (Å²) < 4.78 is 11.9. The summed E-state index contributed by atoms with van der Waals surface area (Å²) >= 11 is 0. The molecular formula is C41H53N3O7. The summed E-state index contributed by atoms with van der Waals surface area (Å²) in [4.78, 5) is 34.8. The SMILES string of the molecule is COc1ccc(COc2c(CN3O[C@@H](CO)[C@@H]([C@H](C)O)[C@H]3C(=O)N[C@H]3C[C@@H]4C[C@H]([C@@H]3C)C4(C)C)cccc2-c2ccc(C(=O)N(C)C)cc2)cc1. The van der Waals surface area contributed by atoms with Gasteiger partial charge in [-0.05, 0) is 78.3 Å². The molecule has 3 aromatic rings. The molecule has 2 bridgehead atoms. The lowest BCUT2D eigenvalue weighted by molar-refractivity contribution is -0.183. The van der Waals surface area contributed by atoms with Crippen LogP contribution in [0.4, 0.5) is 0 Å². The Kier molecular flexibility index (Phi) is 10.8. The van der Waals surface area contributed by atoms with Crippen LogP contribution in [0.2, 0.25) is 0 Å². The number of fused-ring (bicyclic) bond motifs is 2. The Morgan fingerprint density at radius 2 is 1.76 bits per heavy atom. The van der Waals surface area contributed by atoms with Crippen LogP contribution in [-0.2, 0) is 22.8 Å². The molecule has 10 nitrogen and oxygen atoms in total. The number of aliphatic hydroxyl groups is 2. The Morgan fingerprint density at radius 1 is 1.06 bits per heavy atom. The third-order valence-corrected chi connectivity index (χ3v) is 11.9. The summed E-state index contributed by atoms with van der Waals surface area (Å²) in [5, 5.41) is 26.3. The van der Waals surface area contributed by atoms with E-state index in [1.165, 1.54) is 6.42 Å². The lowest BCUT2D eigenvalue weighted by Crippen LogP contribution is -2.62. The van der Waals surface area contributed by atoms with Crippen molar-refractivity contribution in [3.05, 3.63) is 83.4 Å². The van der Waals surface area contributed by atoms with Gasteiger partial charge in [0, 0.05) is 42.7 Å². The van der Waals surface area contributed by atoms with E-state index in [1.54, 1.807) is 50.2 Å². The van der Waals surface area contributed by atoms with Crippen LogP contribution in [0.3, 0.4) is 0 Å². The molecule has 10 heteroatoms. The maximum atomic E-state index is 14.3. The molecule has 0 radical (unpaired) electrons. The van der Waals surface area contributed by atoms with Gasteiger partial charge in [0.1, 0.15) is 30.3 Å². The predicted molar refractivity (Wildman–Crippen MR) is 195 cm³/mol. The number of nitrogens with one attached hydrogen (secondary N) is 1. The highest BCUT2D eigenvalue weighted by atomic mass is 16.7. The highest BCUT2D eigenvalue weighted by Crippen LogP contribution is 2.61. The number of benzene rings is 3. The predicted octanol–water partition coefficient (Wildman–Crippen LogP) is 5.30. The molecule has 3 aromatic carbocycles. The molecule has 3 saturated carbocycles. The van der Waals surface area contributed by atoms with E-state index >= 15 is 0 Å². The van der Waals surface area contributed by atoms with Gasteiger partial charge in [-0.25, -0.2) is 0 Å². The van der Waals surface area contributed by atoms with Crippen molar-refractivity contribution in [1.29, 1.82) is 0 Å². The average molecular weight is 700 g/mol. The van der Waals surface area contributed by atoms with Gasteiger partial charge in [0.25, 0.3) is 5.91 Å². The molecule has 3 aliphatic carbocycles. The first kappa shape index (κ1) is 36.8. The number of hydrogen-bond donors (Lipinski definition) is 3. The summed E-state index contributed by atoms with van der Waals surface area (Å²) in [6.45, 7) is 8.65. The highest BCUT2D eigenvalue weighted by Gasteiger charge is 2.57. The number of carbonyl (C=O) groups excluding carboxylic acids is 2. The molecule has 2 amide bonds. The highest BCUT2D eigenvalue weighted by molar-refractivity contribution is 5.94. The van der Waals surface area contributed by atoms with Gasteiger partial charge >= 0.3 is 0 Å². The maximum absolute atomic E-state index is 14.3. The van der Waals surface area contributed by atoms with Crippen molar-refractivity contribution in [2.24, 2.45) is 29.1 Å². The molecule has 0 aromatic heterocycles. The van der Waals surface area contributed by atoms with Crippen LogP contribution in [0.1, 0.15) is 62.0 Å². The molecule has 0 unspecified atom stereocenters. The summed E-state index contributed by atoms with van der Waals surface area (Å²) in [6, 6.07) is 20.1. The number of para-hydroxylation sites is 1. The number of hydroxylamine groups is 2. The first-order chi connectivity index (χ1) is 24.3. The van der Waals surface area contributed by atoms with Crippen LogP contribution < -0.4 is 14.8 Å². The first-order valence-electron chi connectivity index (χ1n) is 18.1. The van der Waals surface area contributed by atoms with Crippen LogP contribution in [0, 0.1) is 29.1 Å². The Balaban J connectivity index is 1.32. The number of aliphatic hydroxyl groups excluding tert-OH is 2. The zero-order valence-electron chi connectivity index (χ0n) is 30.8. The molecule has 3 N–H and O–H groups in total. The number of hydrogen-bond acceptors (Lipinski definition) is 8. The number of rotatable bonds is 12. The quantitative estimate of drug-likeness (QED) is 0.233. The second-order valence-corrected chi connectivity index (χ2v) is 15.4. The van der Waals surface area contributed by atoms with Crippen molar-refractivity contribution in [2.75, 3.05) is 27.8 Å². The summed E-state index contributed by atoms with van der Waals surface area (Å²) in [7, 11) is 5.07. The zero-order valence-corrected chi connectivity index (χ0v) is 30.8. The van der Waals surface area contributed by atoms with Crippen LogP contribution >= 0.6 is 0 Å². The van der Waals surface area contributed by atoms with E-state index in [0.717, 1.165) is 34.4 Å². The van der Waals surface area contributed by atoms with E-state index < -0.39 is 24.2 Å². The smallest absolute Gasteiger partial charge is 0.253 e. The van der Waals surface area contributed by atoms with Gasteiger partial charge in [-0.3, -0.25) is 14.4 Å². The third-order valence-electron chi connectivity index (χ3n) is 11.9. The topological polar surface area (TPSA) is 121 Å². The summed E-state index contributed by atoms with van der Waals surface area (Å²) in [5.41, 5.74) is 4.24. The number of ether oxygens (including phenoxy) is 2. The maximum Gasteiger partial charge on any atom is 0.253 e. The van der Waals surface area contributed by atoms with Gasteiger partial charge in [0.05, 0.1) is 26.4 Å². The number of carbonyl (C=O) groups is 2. The van der Waals surface area contributed by atoms with Gasteiger partial charge in [0.2, 0.25) is 5.91 Å². The Labute approximate surface area is 301 Å². The fourth-order valence-electron chi connectivity index (χ4n) is 8.69. The van der Waals surface area contributed by atoms with Crippen molar-refractivity contribution in [1.82, 2.24) is 15.3 Å². The zero-order chi connectivity index (χ0) is 36.6. The van der Waals surface area contributed by atoms with Crippen molar-refractivity contribution in [3.8, 4) is 22.6 Å². The number of amides is 2. The minimum Gasteiger partial charge on any atom is -0.497 e. The standard InChI is InChI=1S/C41H53N3O7/c1-24-33-19-30(41(33,3)4)20-34(24)42-39(47)37-36(25(2)46)35(22-45)51-44(37)21-29-9-8-10-32(27-13-15-28(16-14-27)40(48)43(5)6)38(29)50-23-26-11-17-31(49-7)18-12-26/h8-18,24-25,30,33-37,45-46H,19-23H2,1-7H3,(H,42,47)/t24-,25-,30-,33+,34-,35-,36+,37-/m0/s1. The second kappa shape index (κ2) is 14.9. The third kappa shape index (κ3) is 7.24. The van der Waals surface area contributed by atoms with Crippen LogP contribution in [0.25, 0.3) is 11.1 Å². The van der Waals surface area contributed by atoms with Crippen LogP contribution in [-0.4, -0.2) is 84.1 Å². The largest absolute Gasteiger partial charge is 0.497 e. The minimum atomic E-state index is -0.903. The lowest BCUT2D eigenvalue weighted by Gasteiger charge is -2.62. The second-order valence-electron chi connectivity index (χ2n) is 15.4. The fourth-order valence-corrected chi connectivity index (χ4v) is 8.69. The molecule has 1 aliphatic heterocycles. The molecular weight excluding hydrogens is 646 g/mol. The van der Waals surface area contributed by atoms with E-state index in [4.69, 9.17) is 14.3 Å². The van der Waals surface area contributed by atoms with E-state index in [2.05, 4.69) is 26.1 Å². The molecule has 4 fully saturated rings. The number of nitrogens with zero attached hydrogens (tertiary/aromatic N) is 2. The lowest BCUT2D eigenvalue weighted by atomic mass is 9.45. The Hall–Kier alpha value is -3.96. The fraction of sp³-hybridized carbons (Fsp3) is 0.512. The average Bonchev–Trinajstić information content (AvgIpc) is 3.50. The summed E-state index contributed by atoms with van der Waals surface area (Å²) in [6.07, 6.45) is 0.466. The minimum absolute atomic E-state index is 0.0352. The molecule has 0 spiro atoms. The van der Waals surface area contributed by atoms with Crippen LogP contribution in [0.15, 0.2) is 66.7 Å². The molecule has 51 heavy (non-hydrogen) atoms. The Bertz CT molecular complexity index is 1690. The molecule has 7 rings (SSSR count). The van der Waals surface area contributed by atoms with Crippen molar-refractivity contribution < 1.29 is 34.1 Å². The molecule has 1 heterocycles. The monoisotopic (exact) mass is 699 g/mol. The molecule has 8 atom stereocenters. The van der Waals surface area contributed by atoms with Crippen molar-refractivity contribution in [2.45, 2.75) is 78.0 Å². The van der Waals surface area contributed by atoms with Gasteiger partial charge in [-0.15, -0.1) is 0 Å². The van der Waals surface area contributed by atoms with Gasteiger partial charge < -0.3 is 29.9 Å². The van der Waals surface area contributed by atoms with Gasteiger partial charge in [-0.1, -0.05) is 63.2 Å². The van der Waals surface area contributed by atoms with Gasteiger partial charge in [0.15, 0.2) is 0 Å². The van der Waals surface area contributed by atoms with Crippen molar-refractivity contribution >= 4 is 11.8 Å². The van der Waals surface area contributed by atoms with Crippen molar-refractivity contribution in [3.63, 3.8) is 0 Å². The number of methoxy groups -OCH3 is 1. The van der Waals surface area contributed by atoms with E-state index in [0.29, 0.717) is 29.1 Å². The molecule has 4 aliphatic rings. The van der Waals surface area contributed by atoms with Gasteiger partial charge in [-0.2, -0.15) is 5.06 Å².